The molecule has 236 valence electrons. The summed E-state index contributed by atoms with van der Waals surface area (Å²) in [5.74, 6) is 2.85. The fourth-order valence-electron chi connectivity index (χ4n) is 11.7. The van der Waals surface area contributed by atoms with E-state index in [1.165, 1.54) is 5.56 Å². The molecule has 0 saturated heterocycles. The van der Waals surface area contributed by atoms with Crippen molar-refractivity contribution < 1.29 is 24.8 Å². The number of ether oxygens (including phenoxy) is 2. The van der Waals surface area contributed by atoms with Gasteiger partial charge < -0.3 is 30.1 Å². The van der Waals surface area contributed by atoms with Crippen LogP contribution < -0.4 is 14.8 Å². The largest absolute Gasteiger partial charge is 0.454 e. The minimum atomic E-state index is -0.788. The third kappa shape index (κ3) is 4.64. The Morgan fingerprint density at radius 3 is 2.43 bits per heavy atom. The van der Waals surface area contributed by atoms with Gasteiger partial charge in [0.1, 0.15) is 0 Å². The number of aliphatic hydroxyl groups excluding tert-OH is 2. The van der Waals surface area contributed by atoms with Crippen LogP contribution in [0.5, 0.6) is 11.5 Å². The number of fused-ring (bicyclic) bond motifs is 6. The highest BCUT2D eigenvalue weighted by Gasteiger charge is 2.71. The Balaban J connectivity index is 1.08. The van der Waals surface area contributed by atoms with Crippen LogP contribution >= 0.6 is 0 Å². The second-order valence-electron chi connectivity index (χ2n) is 16.5. The molecule has 6 nitrogen and oxygen atoms in total. The lowest BCUT2D eigenvalue weighted by molar-refractivity contribution is -0.246. The average molecular weight is 584 g/mol. The average Bonchev–Trinajstić information content (AvgIpc) is 3.55. The van der Waals surface area contributed by atoms with Crippen LogP contribution in [0.1, 0.15) is 105 Å². The number of rotatable bonds is 8. The Labute approximate surface area is 254 Å². The van der Waals surface area contributed by atoms with Gasteiger partial charge in [-0.15, -0.1) is 0 Å². The summed E-state index contributed by atoms with van der Waals surface area (Å²) in [6.07, 6.45) is 9.14. The third-order valence-corrected chi connectivity index (χ3v) is 14.2. The molecular formula is C36H57NO5. The van der Waals surface area contributed by atoms with Gasteiger partial charge in [-0.1, -0.05) is 40.7 Å². The molecule has 0 spiro atoms. The van der Waals surface area contributed by atoms with E-state index in [0.717, 1.165) is 88.8 Å². The minimum Gasteiger partial charge on any atom is -0.454 e. The highest BCUT2D eigenvalue weighted by molar-refractivity contribution is 5.44. The maximum atomic E-state index is 11.9. The van der Waals surface area contributed by atoms with Gasteiger partial charge in [-0.3, -0.25) is 0 Å². The molecule has 42 heavy (non-hydrogen) atoms. The molecule has 5 aliphatic rings. The van der Waals surface area contributed by atoms with E-state index >= 15 is 0 Å². The van der Waals surface area contributed by atoms with Crippen molar-refractivity contribution in [3.63, 3.8) is 0 Å². The standard InChI is InChI=1S/C36H57NO5/c1-32(2)28-11-17-34(4)29(33(28,3)15-12-30(32)39)21-25(38)31-24(10-16-35(31,34)5)36(6,40)14-7-18-37-19-13-23-8-9-26-27(20-23)42-22-41-26/h8-9,20,24-25,28-31,37-40H,7,10-19,21-22H2,1-6H3/t24-,25+,28?,29?,30-,31?,33-,34+,35+,36-/m0/s1. The molecule has 1 aliphatic heterocycles. The quantitative estimate of drug-likeness (QED) is 0.277. The van der Waals surface area contributed by atoms with Gasteiger partial charge in [0.25, 0.3) is 0 Å². The molecule has 1 aromatic carbocycles. The molecule has 6 rings (SSSR count). The first kappa shape index (κ1) is 30.7. The number of aliphatic hydroxyl groups is 3. The minimum absolute atomic E-state index is 0.0149. The molecule has 4 aliphatic carbocycles. The van der Waals surface area contributed by atoms with Gasteiger partial charge in [-0.2, -0.15) is 0 Å². The van der Waals surface area contributed by atoms with E-state index in [9.17, 15) is 15.3 Å². The molecule has 0 bridgehead atoms. The monoisotopic (exact) mass is 583 g/mol. The van der Waals surface area contributed by atoms with Gasteiger partial charge in [0.2, 0.25) is 6.79 Å². The zero-order valence-corrected chi connectivity index (χ0v) is 27.0. The fraction of sp³-hybridized carbons (Fsp3) is 0.833. The highest BCUT2D eigenvalue weighted by atomic mass is 16.7. The zero-order valence-electron chi connectivity index (χ0n) is 27.0. The van der Waals surface area contributed by atoms with Crippen molar-refractivity contribution >= 4 is 0 Å². The van der Waals surface area contributed by atoms with E-state index in [2.05, 4.69) is 52.1 Å². The molecule has 1 heterocycles. The van der Waals surface area contributed by atoms with Crippen molar-refractivity contribution in [3.05, 3.63) is 23.8 Å². The van der Waals surface area contributed by atoms with E-state index in [0.29, 0.717) is 18.6 Å². The van der Waals surface area contributed by atoms with Crippen molar-refractivity contribution in [2.75, 3.05) is 19.9 Å². The summed E-state index contributed by atoms with van der Waals surface area (Å²) in [6.45, 7) is 16.2. The summed E-state index contributed by atoms with van der Waals surface area (Å²) in [4.78, 5) is 0. The van der Waals surface area contributed by atoms with Gasteiger partial charge in [-0.25, -0.2) is 0 Å². The van der Waals surface area contributed by atoms with Gasteiger partial charge in [0.05, 0.1) is 17.8 Å². The van der Waals surface area contributed by atoms with Crippen molar-refractivity contribution in [1.29, 1.82) is 0 Å². The van der Waals surface area contributed by atoms with Crippen molar-refractivity contribution in [1.82, 2.24) is 5.32 Å². The van der Waals surface area contributed by atoms with Gasteiger partial charge in [-0.05, 0) is 147 Å². The SMILES string of the molecule is CC1(C)C2CC[C@]3(C)C(C[C@@H](O)C4[C@@H]([C@@](C)(O)CCCNCCc5ccc6c(c5)OCO6)CC[C@]43C)[C@@]2(C)CC[C@@H]1O. The van der Waals surface area contributed by atoms with Crippen molar-refractivity contribution in [3.8, 4) is 11.5 Å². The lowest BCUT2D eigenvalue weighted by Crippen LogP contribution is -2.66. The summed E-state index contributed by atoms with van der Waals surface area (Å²) in [5.41, 5.74) is 0.652. The number of hydrogen-bond acceptors (Lipinski definition) is 6. The molecule has 4 N–H and O–H groups in total. The van der Waals surface area contributed by atoms with Crippen LogP contribution in [0.15, 0.2) is 18.2 Å². The second-order valence-corrected chi connectivity index (χ2v) is 16.5. The molecule has 10 atom stereocenters. The van der Waals surface area contributed by atoms with Crippen LogP contribution in [0.3, 0.4) is 0 Å². The molecule has 0 radical (unpaired) electrons. The lowest BCUT2D eigenvalue weighted by Gasteiger charge is -2.70. The van der Waals surface area contributed by atoms with E-state index in [1.54, 1.807) is 0 Å². The summed E-state index contributed by atoms with van der Waals surface area (Å²) < 4.78 is 10.9. The van der Waals surface area contributed by atoms with Gasteiger partial charge in [0, 0.05) is 0 Å². The van der Waals surface area contributed by atoms with Gasteiger partial charge >= 0.3 is 0 Å². The van der Waals surface area contributed by atoms with Crippen molar-refractivity contribution in [2.45, 2.75) is 124 Å². The van der Waals surface area contributed by atoms with Gasteiger partial charge in [0.15, 0.2) is 11.5 Å². The number of hydrogen-bond donors (Lipinski definition) is 4. The molecule has 0 aromatic heterocycles. The summed E-state index contributed by atoms with van der Waals surface area (Å²) in [5, 5.41) is 38.4. The molecule has 4 fully saturated rings. The number of nitrogens with one attached hydrogen (secondary N) is 1. The molecule has 3 unspecified atom stereocenters. The smallest absolute Gasteiger partial charge is 0.231 e. The topological polar surface area (TPSA) is 91.2 Å². The normalized spacial score (nSPS) is 43.3. The zero-order chi connectivity index (χ0) is 30.1. The number of benzene rings is 1. The predicted molar refractivity (Wildman–Crippen MR) is 165 cm³/mol. The highest BCUT2D eigenvalue weighted by Crippen LogP contribution is 2.75. The first-order valence-electron chi connectivity index (χ1n) is 16.9. The van der Waals surface area contributed by atoms with E-state index < -0.39 is 5.60 Å². The fourth-order valence-corrected chi connectivity index (χ4v) is 11.7. The van der Waals surface area contributed by atoms with Crippen LogP contribution in [-0.4, -0.2) is 53.0 Å². The maximum absolute atomic E-state index is 11.9. The van der Waals surface area contributed by atoms with Crippen molar-refractivity contribution in [2.24, 2.45) is 45.3 Å². The van der Waals surface area contributed by atoms with Crippen LogP contribution in [0.25, 0.3) is 0 Å². The van der Waals surface area contributed by atoms with Crippen LogP contribution in [0.2, 0.25) is 0 Å². The first-order chi connectivity index (χ1) is 19.7. The Morgan fingerprint density at radius 1 is 0.905 bits per heavy atom. The molecule has 6 heteroatoms. The Morgan fingerprint density at radius 2 is 1.64 bits per heavy atom. The molecular weight excluding hydrogens is 526 g/mol. The van der Waals surface area contributed by atoms with Crippen LogP contribution in [-0.2, 0) is 6.42 Å². The molecule has 0 amide bonds. The predicted octanol–water partition coefficient (Wildman–Crippen LogP) is 6.10. The third-order valence-electron chi connectivity index (χ3n) is 14.2. The Hall–Kier alpha value is -1.34. The van der Waals surface area contributed by atoms with E-state index in [4.69, 9.17) is 9.47 Å². The maximum Gasteiger partial charge on any atom is 0.231 e. The Kier molecular flexibility index (Phi) is 7.77. The molecule has 1 aromatic rings. The second kappa shape index (κ2) is 10.6. The lowest BCUT2D eigenvalue weighted by atomic mass is 9.35. The van der Waals surface area contributed by atoms with Crippen LogP contribution in [0.4, 0.5) is 0 Å². The summed E-state index contributed by atoms with van der Waals surface area (Å²) in [7, 11) is 0. The van der Waals surface area contributed by atoms with E-state index in [-0.39, 0.29) is 45.7 Å². The first-order valence-corrected chi connectivity index (χ1v) is 16.9. The summed E-state index contributed by atoms with van der Waals surface area (Å²) >= 11 is 0. The Bertz CT molecular complexity index is 1150. The van der Waals surface area contributed by atoms with E-state index in [1.807, 2.05) is 13.0 Å². The van der Waals surface area contributed by atoms with Crippen LogP contribution in [0, 0.1) is 45.3 Å². The summed E-state index contributed by atoms with van der Waals surface area (Å²) in [6, 6.07) is 6.15. The molecule has 4 saturated carbocycles.